The number of fused-ring (bicyclic) bond motifs is 1. The van der Waals surface area contributed by atoms with Gasteiger partial charge in [0.05, 0.1) is 0 Å². The Labute approximate surface area is 131 Å². The second-order valence-electron chi connectivity index (χ2n) is 5.55. The van der Waals surface area contributed by atoms with Crippen LogP contribution in [0.25, 0.3) is 6.08 Å². The van der Waals surface area contributed by atoms with Crippen LogP contribution in [0.4, 0.5) is 0 Å². The minimum Gasteiger partial charge on any atom is -0.480 e. The van der Waals surface area contributed by atoms with Crippen LogP contribution in [0.5, 0.6) is 5.75 Å². The maximum atomic E-state index is 6.10. The zero-order chi connectivity index (χ0) is 14.5. The summed E-state index contributed by atoms with van der Waals surface area (Å²) in [6.07, 6.45) is 10.9. The van der Waals surface area contributed by atoms with Crippen molar-refractivity contribution < 1.29 is 4.74 Å². The van der Waals surface area contributed by atoms with E-state index in [0.29, 0.717) is 0 Å². The lowest BCUT2D eigenvalue weighted by molar-refractivity contribution is 0.255. The van der Waals surface area contributed by atoms with Gasteiger partial charge in [-0.3, -0.25) is 0 Å². The lowest BCUT2D eigenvalue weighted by Crippen LogP contribution is -2.06. The molecule has 1 unspecified atom stereocenters. The van der Waals surface area contributed by atoms with Crippen LogP contribution in [-0.4, -0.2) is 0 Å². The van der Waals surface area contributed by atoms with Crippen LogP contribution in [0.2, 0.25) is 0 Å². The van der Waals surface area contributed by atoms with Gasteiger partial charge in [0.1, 0.15) is 5.75 Å². The zero-order valence-electron chi connectivity index (χ0n) is 12.5. The van der Waals surface area contributed by atoms with Crippen LogP contribution in [0, 0.1) is 0 Å². The number of benzene rings is 1. The summed E-state index contributed by atoms with van der Waals surface area (Å²) in [5, 5.41) is 0. The molecule has 0 bridgehead atoms. The van der Waals surface area contributed by atoms with Gasteiger partial charge in [-0.1, -0.05) is 50.5 Å². The van der Waals surface area contributed by atoms with Gasteiger partial charge in [-0.2, -0.15) is 0 Å². The molecule has 1 atom stereocenters. The molecular formula is C19H22OS. The highest BCUT2D eigenvalue weighted by Gasteiger charge is 2.17. The molecule has 0 N–H and O–H groups in total. The maximum absolute atomic E-state index is 6.10. The van der Waals surface area contributed by atoms with E-state index in [9.17, 15) is 0 Å². The summed E-state index contributed by atoms with van der Waals surface area (Å²) in [4.78, 5) is 2.79. The van der Waals surface area contributed by atoms with E-state index in [1.807, 2.05) is 29.5 Å². The molecule has 0 radical (unpaired) electrons. The minimum atomic E-state index is 0.0780. The summed E-state index contributed by atoms with van der Waals surface area (Å²) >= 11 is 1.90. The van der Waals surface area contributed by atoms with E-state index in [1.165, 1.54) is 47.4 Å². The van der Waals surface area contributed by atoms with Crippen molar-refractivity contribution in [1.29, 1.82) is 0 Å². The van der Waals surface area contributed by atoms with Gasteiger partial charge < -0.3 is 4.74 Å². The molecule has 0 aliphatic carbocycles. The van der Waals surface area contributed by atoms with E-state index in [0.717, 1.165) is 5.75 Å². The molecule has 1 nitrogen and oxygen atoms in total. The fraction of sp³-hybridized carbons (Fsp3) is 0.368. The van der Waals surface area contributed by atoms with Crippen LogP contribution in [0.3, 0.4) is 0 Å². The highest BCUT2D eigenvalue weighted by atomic mass is 32.1. The molecule has 0 saturated heterocycles. The highest BCUT2D eigenvalue weighted by Crippen LogP contribution is 2.35. The Morgan fingerprint density at radius 1 is 1.05 bits per heavy atom. The number of hydrogen-bond donors (Lipinski definition) is 0. The molecule has 110 valence electrons. The monoisotopic (exact) mass is 298 g/mol. The number of unbranched alkanes of at least 4 members (excludes halogenated alkanes) is 3. The average Bonchev–Trinajstić information content (AvgIpc) is 3.00. The molecule has 0 spiro atoms. The number of rotatable bonds is 6. The molecule has 1 aromatic heterocycles. The molecule has 1 aliphatic heterocycles. The van der Waals surface area contributed by atoms with Crippen molar-refractivity contribution in [1.82, 2.24) is 0 Å². The predicted octanol–water partition coefficient (Wildman–Crippen LogP) is 6.02. The van der Waals surface area contributed by atoms with E-state index in [1.54, 1.807) is 0 Å². The molecule has 0 fully saturated rings. The van der Waals surface area contributed by atoms with Crippen molar-refractivity contribution in [2.24, 2.45) is 0 Å². The van der Waals surface area contributed by atoms with Gasteiger partial charge in [0, 0.05) is 15.3 Å². The predicted molar refractivity (Wildman–Crippen MR) is 91.0 cm³/mol. The Morgan fingerprint density at radius 3 is 2.86 bits per heavy atom. The Bertz CT molecular complexity index is 612. The standard InChI is InChI=1S/C19H22OS/c1-2-3-4-5-9-16-12-14-19(21-16)18-13-11-15-8-6-7-10-17(15)20-18/h6-8,10-14,18H,2-5,9H2,1H3. The third-order valence-electron chi connectivity index (χ3n) is 3.86. The average molecular weight is 298 g/mol. The Morgan fingerprint density at radius 2 is 1.95 bits per heavy atom. The van der Waals surface area contributed by atoms with Crippen molar-refractivity contribution >= 4 is 17.4 Å². The molecule has 0 saturated carbocycles. The molecular weight excluding hydrogens is 276 g/mol. The van der Waals surface area contributed by atoms with Gasteiger partial charge in [-0.05, 0) is 37.1 Å². The number of thiophene rings is 1. The molecule has 2 heterocycles. The zero-order valence-corrected chi connectivity index (χ0v) is 13.4. The van der Waals surface area contributed by atoms with E-state index >= 15 is 0 Å². The molecule has 1 aromatic carbocycles. The quantitative estimate of drug-likeness (QED) is 0.593. The molecule has 0 amide bonds. The van der Waals surface area contributed by atoms with Crippen LogP contribution in [0.1, 0.15) is 54.0 Å². The van der Waals surface area contributed by atoms with Crippen molar-refractivity contribution in [3.63, 3.8) is 0 Å². The molecule has 2 aromatic rings. The third-order valence-corrected chi connectivity index (χ3v) is 5.07. The molecule has 3 rings (SSSR count). The lowest BCUT2D eigenvalue weighted by Gasteiger charge is -2.20. The number of para-hydroxylation sites is 1. The van der Waals surface area contributed by atoms with Crippen LogP contribution >= 0.6 is 11.3 Å². The number of ether oxygens (including phenoxy) is 1. The summed E-state index contributed by atoms with van der Waals surface area (Å²) in [6.45, 7) is 2.26. The first-order valence-electron chi connectivity index (χ1n) is 7.89. The van der Waals surface area contributed by atoms with E-state index in [-0.39, 0.29) is 6.10 Å². The topological polar surface area (TPSA) is 9.23 Å². The number of hydrogen-bond acceptors (Lipinski definition) is 2. The Hall–Kier alpha value is -1.54. The lowest BCUT2D eigenvalue weighted by atomic mass is 10.1. The second kappa shape index (κ2) is 6.95. The van der Waals surface area contributed by atoms with Crippen LogP contribution in [0.15, 0.2) is 42.5 Å². The first-order chi connectivity index (χ1) is 10.4. The Balaban J connectivity index is 1.62. The van der Waals surface area contributed by atoms with Gasteiger partial charge in [-0.25, -0.2) is 0 Å². The van der Waals surface area contributed by atoms with Gasteiger partial charge >= 0.3 is 0 Å². The summed E-state index contributed by atoms with van der Waals surface area (Å²) < 4.78 is 6.10. The minimum absolute atomic E-state index is 0.0780. The van der Waals surface area contributed by atoms with Crippen molar-refractivity contribution in [3.8, 4) is 5.75 Å². The second-order valence-corrected chi connectivity index (χ2v) is 6.75. The van der Waals surface area contributed by atoms with Gasteiger partial charge in [0.2, 0.25) is 0 Å². The van der Waals surface area contributed by atoms with Gasteiger partial charge in [0.25, 0.3) is 0 Å². The fourth-order valence-corrected chi connectivity index (χ4v) is 3.72. The van der Waals surface area contributed by atoms with E-state index in [4.69, 9.17) is 4.74 Å². The van der Waals surface area contributed by atoms with Crippen molar-refractivity contribution in [2.75, 3.05) is 0 Å². The smallest absolute Gasteiger partial charge is 0.151 e. The molecule has 21 heavy (non-hydrogen) atoms. The first kappa shape index (κ1) is 14.4. The molecule has 1 aliphatic rings. The first-order valence-corrected chi connectivity index (χ1v) is 8.71. The summed E-state index contributed by atoms with van der Waals surface area (Å²) in [5.74, 6) is 0.989. The normalized spacial score (nSPS) is 16.5. The number of aryl methyl sites for hydroxylation is 1. The third kappa shape index (κ3) is 3.56. The Kier molecular flexibility index (Phi) is 4.76. The summed E-state index contributed by atoms with van der Waals surface area (Å²) in [5.41, 5.74) is 1.17. The van der Waals surface area contributed by atoms with Crippen molar-refractivity contribution in [2.45, 2.75) is 45.1 Å². The SMILES string of the molecule is CCCCCCc1ccc(C2C=Cc3ccccc3O2)s1. The van der Waals surface area contributed by atoms with E-state index < -0.39 is 0 Å². The largest absolute Gasteiger partial charge is 0.480 e. The van der Waals surface area contributed by atoms with Crippen molar-refractivity contribution in [3.05, 3.63) is 57.8 Å². The van der Waals surface area contributed by atoms with Gasteiger partial charge in [0.15, 0.2) is 6.10 Å². The highest BCUT2D eigenvalue weighted by molar-refractivity contribution is 7.12. The maximum Gasteiger partial charge on any atom is 0.151 e. The fourth-order valence-electron chi connectivity index (χ4n) is 2.65. The van der Waals surface area contributed by atoms with Gasteiger partial charge in [-0.15, -0.1) is 11.3 Å². The van der Waals surface area contributed by atoms with Crippen LogP contribution < -0.4 is 4.74 Å². The molecule has 2 heteroatoms. The van der Waals surface area contributed by atoms with E-state index in [2.05, 4.69) is 37.3 Å². The summed E-state index contributed by atoms with van der Waals surface area (Å²) in [7, 11) is 0. The summed E-state index contributed by atoms with van der Waals surface area (Å²) in [6, 6.07) is 12.7. The van der Waals surface area contributed by atoms with Crippen LogP contribution in [-0.2, 0) is 6.42 Å².